The summed E-state index contributed by atoms with van der Waals surface area (Å²) in [5.74, 6) is -0.932. The van der Waals surface area contributed by atoms with Crippen molar-refractivity contribution in [1.29, 1.82) is 0 Å². The van der Waals surface area contributed by atoms with Crippen LogP contribution < -0.4 is 0 Å². The van der Waals surface area contributed by atoms with Crippen LogP contribution in [0, 0.1) is 0 Å². The number of carbonyl (C=O) groups is 3. The summed E-state index contributed by atoms with van der Waals surface area (Å²) in [7, 11) is 0. The second kappa shape index (κ2) is 58.4. The molecule has 0 rings (SSSR count). The van der Waals surface area contributed by atoms with Crippen molar-refractivity contribution in [2.45, 2.75) is 258 Å². The lowest BCUT2D eigenvalue weighted by Gasteiger charge is -2.18. The van der Waals surface area contributed by atoms with E-state index in [0.29, 0.717) is 19.3 Å². The van der Waals surface area contributed by atoms with Crippen molar-refractivity contribution in [3.05, 3.63) is 122 Å². The summed E-state index contributed by atoms with van der Waals surface area (Å²) in [5, 5.41) is 0. The first-order valence-electron chi connectivity index (χ1n) is 29.0. The monoisotopic (exact) mass is 983 g/mol. The number of unbranched alkanes of at least 4 members (excludes halogenated alkanes) is 20. The summed E-state index contributed by atoms with van der Waals surface area (Å²) >= 11 is 0. The Morgan fingerprint density at radius 2 is 0.549 bits per heavy atom. The maximum Gasteiger partial charge on any atom is 0.306 e. The van der Waals surface area contributed by atoms with Crippen molar-refractivity contribution in [2.24, 2.45) is 0 Å². The van der Waals surface area contributed by atoms with Gasteiger partial charge >= 0.3 is 17.9 Å². The second-order valence-corrected chi connectivity index (χ2v) is 18.8. The minimum absolute atomic E-state index is 0.0904. The van der Waals surface area contributed by atoms with Gasteiger partial charge < -0.3 is 14.2 Å². The zero-order valence-electron chi connectivity index (χ0n) is 45.9. The quantitative estimate of drug-likeness (QED) is 0.0261. The van der Waals surface area contributed by atoms with Gasteiger partial charge in [-0.2, -0.15) is 0 Å². The van der Waals surface area contributed by atoms with Crippen molar-refractivity contribution in [2.75, 3.05) is 13.2 Å². The van der Waals surface area contributed by atoms with Gasteiger partial charge in [-0.3, -0.25) is 14.4 Å². The van der Waals surface area contributed by atoms with E-state index in [2.05, 4.69) is 142 Å². The Labute approximate surface area is 437 Å². The molecule has 0 aliphatic rings. The summed E-state index contributed by atoms with van der Waals surface area (Å²) in [6, 6.07) is 0. The minimum Gasteiger partial charge on any atom is -0.462 e. The molecule has 0 heterocycles. The first kappa shape index (κ1) is 66.8. The van der Waals surface area contributed by atoms with Crippen LogP contribution in [0.25, 0.3) is 0 Å². The van der Waals surface area contributed by atoms with Crippen LogP contribution in [0.15, 0.2) is 122 Å². The van der Waals surface area contributed by atoms with Crippen LogP contribution in [0.1, 0.15) is 252 Å². The van der Waals surface area contributed by atoms with Crippen LogP contribution in [0.4, 0.5) is 0 Å². The summed E-state index contributed by atoms with van der Waals surface area (Å²) in [4.78, 5) is 37.9. The van der Waals surface area contributed by atoms with Gasteiger partial charge in [0.25, 0.3) is 0 Å². The van der Waals surface area contributed by atoms with E-state index < -0.39 is 6.10 Å². The van der Waals surface area contributed by atoms with Crippen molar-refractivity contribution < 1.29 is 28.6 Å². The van der Waals surface area contributed by atoms with Gasteiger partial charge in [0.15, 0.2) is 6.10 Å². The normalized spacial score (nSPS) is 13.0. The van der Waals surface area contributed by atoms with Gasteiger partial charge in [-0.15, -0.1) is 0 Å². The first-order valence-corrected chi connectivity index (χ1v) is 29.0. The molecule has 0 aromatic carbocycles. The van der Waals surface area contributed by atoms with E-state index in [0.717, 1.165) is 148 Å². The molecular weight excluding hydrogens is 877 g/mol. The molecule has 0 saturated heterocycles. The maximum atomic E-state index is 12.8. The summed E-state index contributed by atoms with van der Waals surface area (Å²) in [6.45, 7) is 6.41. The predicted molar refractivity (Wildman–Crippen MR) is 306 cm³/mol. The van der Waals surface area contributed by atoms with Crippen molar-refractivity contribution in [1.82, 2.24) is 0 Å². The third-order valence-corrected chi connectivity index (χ3v) is 12.0. The average molecular weight is 984 g/mol. The smallest absolute Gasteiger partial charge is 0.306 e. The summed E-state index contributed by atoms with van der Waals surface area (Å²) < 4.78 is 16.7. The van der Waals surface area contributed by atoms with E-state index in [1.165, 1.54) is 64.2 Å². The van der Waals surface area contributed by atoms with Gasteiger partial charge in [0, 0.05) is 19.3 Å². The molecule has 0 aliphatic carbocycles. The highest BCUT2D eigenvalue weighted by Crippen LogP contribution is 2.13. The van der Waals surface area contributed by atoms with Crippen LogP contribution in [-0.4, -0.2) is 37.2 Å². The van der Waals surface area contributed by atoms with Gasteiger partial charge in [-0.25, -0.2) is 0 Å². The molecule has 6 nitrogen and oxygen atoms in total. The third-order valence-electron chi connectivity index (χ3n) is 12.0. The highest BCUT2D eigenvalue weighted by Gasteiger charge is 2.19. The van der Waals surface area contributed by atoms with E-state index in [-0.39, 0.29) is 31.1 Å². The fraction of sp³-hybridized carbons (Fsp3) is 0.646. The number of carbonyl (C=O) groups excluding carboxylic acids is 3. The zero-order chi connectivity index (χ0) is 51.4. The Balaban J connectivity index is 4.19. The lowest BCUT2D eigenvalue weighted by atomic mass is 10.1. The predicted octanol–water partition coefficient (Wildman–Crippen LogP) is 19.6. The number of rotatable bonds is 51. The molecule has 0 amide bonds. The largest absolute Gasteiger partial charge is 0.462 e. The zero-order valence-corrected chi connectivity index (χ0v) is 45.9. The number of ether oxygens (including phenoxy) is 3. The second-order valence-electron chi connectivity index (χ2n) is 18.8. The Morgan fingerprint density at radius 1 is 0.296 bits per heavy atom. The molecule has 0 aromatic rings. The molecule has 0 aliphatic heterocycles. The fourth-order valence-electron chi connectivity index (χ4n) is 7.60. The molecular formula is C65H106O6. The molecule has 0 bridgehead atoms. The molecule has 0 N–H and O–H groups in total. The Bertz CT molecular complexity index is 1500. The van der Waals surface area contributed by atoms with Crippen LogP contribution >= 0.6 is 0 Å². The topological polar surface area (TPSA) is 78.9 Å². The molecule has 1 unspecified atom stereocenters. The fourth-order valence-corrected chi connectivity index (χ4v) is 7.60. The van der Waals surface area contributed by atoms with E-state index >= 15 is 0 Å². The number of hydrogen-bond donors (Lipinski definition) is 0. The maximum absolute atomic E-state index is 12.8. The van der Waals surface area contributed by atoms with Crippen LogP contribution in [0.2, 0.25) is 0 Å². The SMILES string of the molecule is CC/C=C\C/C=C\C/C=C\C/C=C\C/C=C\C/C=C\C/C=C\C/C=C\CCCCCCCCC(=O)OCC(COC(=O)CCCCCCCC)OC(=O)CCCCCCC/C=C\C/C=C\CCCCCC. The van der Waals surface area contributed by atoms with E-state index in [4.69, 9.17) is 14.2 Å². The molecule has 6 heteroatoms. The lowest BCUT2D eigenvalue weighted by Crippen LogP contribution is -2.30. The third kappa shape index (κ3) is 56.6. The van der Waals surface area contributed by atoms with Crippen LogP contribution in [-0.2, 0) is 28.6 Å². The summed E-state index contributed by atoms with van der Waals surface area (Å²) in [6.07, 6.45) is 80.8. The van der Waals surface area contributed by atoms with E-state index in [9.17, 15) is 14.4 Å². The van der Waals surface area contributed by atoms with E-state index in [1.807, 2.05) is 0 Å². The Morgan fingerprint density at radius 3 is 0.873 bits per heavy atom. The van der Waals surface area contributed by atoms with Gasteiger partial charge in [-0.1, -0.05) is 239 Å². The molecule has 71 heavy (non-hydrogen) atoms. The van der Waals surface area contributed by atoms with Gasteiger partial charge in [0.1, 0.15) is 13.2 Å². The Hall–Kier alpha value is -4.19. The van der Waals surface area contributed by atoms with Gasteiger partial charge in [0.2, 0.25) is 0 Å². The van der Waals surface area contributed by atoms with Crippen LogP contribution in [0.3, 0.4) is 0 Å². The standard InChI is InChI=1S/C65H106O6/c1-4-7-10-13-16-18-20-22-24-26-27-28-29-30-31-32-33-34-35-36-37-38-39-40-42-43-45-47-49-52-55-58-64(67)70-61-62(60-69-63(66)57-54-51-15-12-9-6-3)71-65(68)59-56-53-50-48-46-44-41-25-23-21-19-17-14-11-8-5-2/h7,10,16,18-19,21-22,24-25,27-28,30-31,33-34,36-37,39-41,62H,4-6,8-9,11-15,17,20,23,26,29,32,35,38,42-61H2,1-3H3/b10-7-,18-16-,21-19-,24-22-,28-27-,31-30-,34-33-,37-36-,40-39-,41-25-. The van der Waals surface area contributed by atoms with Crippen molar-refractivity contribution in [3.8, 4) is 0 Å². The molecule has 0 aromatic heterocycles. The number of hydrogen-bond acceptors (Lipinski definition) is 6. The lowest BCUT2D eigenvalue weighted by molar-refractivity contribution is -0.167. The number of esters is 3. The molecule has 402 valence electrons. The van der Waals surface area contributed by atoms with Gasteiger partial charge in [-0.05, 0) is 116 Å². The van der Waals surface area contributed by atoms with Crippen LogP contribution in [0.5, 0.6) is 0 Å². The molecule has 1 atom stereocenters. The molecule has 0 saturated carbocycles. The molecule has 0 radical (unpaired) electrons. The highest BCUT2D eigenvalue weighted by molar-refractivity contribution is 5.71. The van der Waals surface area contributed by atoms with Crippen molar-refractivity contribution >= 4 is 17.9 Å². The molecule has 0 spiro atoms. The Kier molecular flexibility index (Phi) is 54.9. The first-order chi connectivity index (χ1) is 35.0. The molecule has 0 fully saturated rings. The van der Waals surface area contributed by atoms with Gasteiger partial charge in [0.05, 0.1) is 0 Å². The highest BCUT2D eigenvalue weighted by atomic mass is 16.6. The minimum atomic E-state index is -0.791. The average Bonchev–Trinajstić information content (AvgIpc) is 3.37. The van der Waals surface area contributed by atoms with Crippen molar-refractivity contribution in [3.63, 3.8) is 0 Å². The number of allylic oxidation sites excluding steroid dienone is 20. The summed E-state index contributed by atoms with van der Waals surface area (Å²) in [5.41, 5.74) is 0. The van der Waals surface area contributed by atoms with E-state index in [1.54, 1.807) is 0 Å².